The van der Waals surface area contributed by atoms with Crippen molar-refractivity contribution in [1.29, 1.82) is 0 Å². The molecule has 1 aromatic carbocycles. The summed E-state index contributed by atoms with van der Waals surface area (Å²) in [7, 11) is 0. The number of aromatic carboxylic acids is 1. The van der Waals surface area contributed by atoms with Crippen molar-refractivity contribution in [3.63, 3.8) is 0 Å². The molecule has 9 heteroatoms. The SMILES string of the molecule is O=C(O)c1ccn(-c2ccccc2NC(=O)C(F)(F)F)n1. The number of hydrogen-bond donors (Lipinski definition) is 2. The highest BCUT2D eigenvalue weighted by molar-refractivity contribution is 5.96. The van der Waals surface area contributed by atoms with Crippen LogP contribution >= 0.6 is 0 Å². The second kappa shape index (κ2) is 5.27. The van der Waals surface area contributed by atoms with Gasteiger partial charge in [0.2, 0.25) is 0 Å². The van der Waals surface area contributed by atoms with Crippen LogP contribution in [-0.2, 0) is 4.79 Å². The van der Waals surface area contributed by atoms with Crippen molar-refractivity contribution >= 4 is 17.6 Å². The number of halogens is 3. The highest BCUT2D eigenvalue weighted by Crippen LogP contribution is 2.23. The Balaban J connectivity index is 2.36. The zero-order valence-electron chi connectivity index (χ0n) is 10.3. The molecule has 0 aliphatic carbocycles. The Morgan fingerprint density at radius 1 is 1.19 bits per heavy atom. The van der Waals surface area contributed by atoms with E-state index in [0.29, 0.717) is 0 Å². The molecule has 1 aromatic heterocycles. The summed E-state index contributed by atoms with van der Waals surface area (Å²) in [5.41, 5.74) is -0.297. The lowest BCUT2D eigenvalue weighted by molar-refractivity contribution is -0.167. The van der Waals surface area contributed by atoms with Crippen molar-refractivity contribution < 1.29 is 27.9 Å². The fourth-order valence-corrected chi connectivity index (χ4v) is 1.54. The zero-order valence-corrected chi connectivity index (χ0v) is 10.3. The van der Waals surface area contributed by atoms with Gasteiger partial charge in [-0.25, -0.2) is 9.48 Å². The molecule has 0 unspecified atom stereocenters. The highest BCUT2D eigenvalue weighted by atomic mass is 19.4. The minimum Gasteiger partial charge on any atom is -0.476 e. The molecule has 1 heterocycles. The molecule has 0 aliphatic rings. The van der Waals surface area contributed by atoms with Gasteiger partial charge in [0.25, 0.3) is 0 Å². The number of rotatable bonds is 3. The van der Waals surface area contributed by atoms with Gasteiger partial charge in [-0.3, -0.25) is 4.79 Å². The molecule has 110 valence electrons. The molecule has 0 atom stereocenters. The number of carboxylic acid groups (broad SMARTS) is 1. The zero-order chi connectivity index (χ0) is 15.6. The van der Waals surface area contributed by atoms with Crippen molar-refractivity contribution in [2.24, 2.45) is 0 Å². The molecule has 1 amide bonds. The number of benzene rings is 1. The van der Waals surface area contributed by atoms with Gasteiger partial charge in [-0.1, -0.05) is 12.1 Å². The number of nitrogens with zero attached hydrogens (tertiary/aromatic N) is 2. The molecule has 0 saturated carbocycles. The Bertz CT molecular complexity index is 694. The summed E-state index contributed by atoms with van der Waals surface area (Å²) in [5.74, 6) is -3.40. The molecule has 2 rings (SSSR count). The Kier molecular flexibility index (Phi) is 3.66. The standard InChI is InChI=1S/C12H8F3N3O3/c13-12(14,15)11(21)16-7-3-1-2-4-9(7)18-6-5-8(17-18)10(19)20/h1-6H,(H,16,21)(H,19,20). The maximum absolute atomic E-state index is 12.3. The first-order valence-corrected chi connectivity index (χ1v) is 5.55. The number of carbonyl (C=O) groups is 2. The third kappa shape index (κ3) is 3.19. The van der Waals surface area contributed by atoms with Crippen LogP contribution < -0.4 is 5.32 Å². The predicted molar refractivity (Wildman–Crippen MR) is 65.2 cm³/mol. The van der Waals surface area contributed by atoms with Crippen LogP contribution in [0.4, 0.5) is 18.9 Å². The van der Waals surface area contributed by atoms with Crippen LogP contribution in [0.1, 0.15) is 10.5 Å². The van der Waals surface area contributed by atoms with Gasteiger partial charge < -0.3 is 10.4 Å². The summed E-state index contributed by atoms with van der Waals surface area (Å²) >= 11 is 0. The molecule has 0 fully saturated rings. The molecular weight excluding hydrogens is 291 g/mol. The third-order valence-corrected chi connectivity index (χ3v) is 2.46. The number of hydrogen-bond acceptors (Lipinski definition) is 3. The van der Waals surface area contributed by atoms with Crippen molar-refractivity contribution in [3.8, 4) is 5.69 Å². The molecule has 0 aliphatic heterocycles. The monoisotopic (exact) mass is 299 g/mol. The summed E-state index contributed by atoms with van der Waals surface area (Å²) in [6.45, 7) is 0. The number of nitrogens with one attached hydrogen (secondary N) is 1. The minimum absolute atomic E-state index is 0.114. The lowest BCUT2D eigenvalue weighted by Crippen LogP contribution is -2.30. The average Bonchev–Trinajstić information content (AvgIpc) is 2.88. The van der Waals surface area contributed by atoms with Crippen LogP contribution in [0.5, 0.6) is 0 Å². The Morgan fingerprint density at radius 3 is 2.43 bits per heavy atom. The van der Waals surface area contributed by atoms with Crippen molar-refractivity contribution in [3.05, 3.63) is 42.2 Å². The molecule has 0 radical (unpaired) electrons. The maximum atomic E-state index is 12.3. The normalized spacial score (nSPS) is 11.2. The van der Waals surface area contributed by atoms with E-state index in [9.17, 15) is 22.8 Å². The summed E-state index contributed by atoms with van der Waals surface area (Å²) in [4.78, 5) is 21.7. The highest BCUT2D eigenvalue weighted by Gasteiger charge is 2.39. The summed E-state index contributed by atoms with van der Waals surface area (Å²) < 4.78 is 37.9. The van der Waals surface area contributed by atoms with Crippen LogP contribution in [0.25, 0.3) is 5.69 Å². The van der Waals surface area contributed by atoms with E-state index in [-0.39, 0.29) is 17.1 Å². The first-order chi connectivity index (χ1) is 9.79. The largest absolute Gasteiger partial charge is 0.476 e. The average molecular weight is 299 g/mol. The summed E-state index contributed by atoms with van der Waals surface area (Å²) in [5, 5.41) is 14.2. The van der Waals surface area contributed by atoms with Crippen molar-refractivity contribution in [1.82, 2.24) is 9.78 Å². The third-order valence-electron chi connectivity index (χ3n) is 2.46. The van der Waals surface area contributed by atoms with Gasteiger partial charge in [-0.15, -0.1) is 0 Å². The van der Waals surface area contributed by atoms with Crippen LogP contribution in [0.3, 0.4) is 0 Å². The number of aromatic nitrogens is 2. The van der Waals surface area contributed by atoms with E-state index in [4.69, 9.17) is 5.11 Å². The predicted octanol–water partition coefficient (Wildman–Crippen LogP) is 2.07. The molecule has 2 aromatic rings. The van der Waals surface area contributed by atoms with Crippen molar-refractivity contribution in [2.75, 3.05) is 5.32 Å². The number of carboxylic acids is 1. The number of anilines is 1. The molecule has 0 bridgehead atoms. The number of alkyl halides is 3. The number of carbonyl (C=O) groups excluding carboxylic acids is 1. The fourth-order valence-electron chi connectivity index (χ4n) is 1.54. The summed E-state index contributed by atoms with van der Waals surface area (Å²) in [6.07, 6.45) is -3.76. The Hall–Kier alpha value is -2.84. The minimum atomic E-state index is -5.02. The maximum Gasteiger partial charge on any atom is 0.471 e. The Morgan fingerprint density at radius 2 is 1.86 bits per heavy atom. The van der Waals surface area contributed by atoms with E-state index < -0.39 is 18.1 Å². The molecule has 21 heavy (non-hydrogen) atoms. The second-order valence-electron chi connectivity index (χ2n) is 3.92. The van der Waals surface area contributed by atoms with E-state index in [1.807, 2.05) is 0 Å². The number of para-hydroxylation sites is 2. The van der Waals surface area contributed by atoms with Gasteiger partial charge in [0, 0.05) is 6.20 Å². The number of amides is 1. The van der Waals surface area contributed by atoms with Crippen molar-refractivity contribution in [2.45, 2.75) is 6.18 Å². The van der Waals surface area contributed by atoms with E-state index in [0.717, 1.165) is 4.68 Å². The quantitative estimate of drug-likeness (QED) is 0.908. The topological polar surface area (TPSA) is 84.2 Å². The van der Waals surface area contributed by atoms with E-state index in [1.54, 1.807) is 5.32 Å². The van der Waals surface area contributed by atoms with Crippen LogP contribution in [-0.4, -0.2) is 32.9 Å². The van der Waals surface area contributed by atoms with E-state index >= 15 is 0 Å². The Labute approximate surface area is 115 Å². The molecule has 0 spiro atoms. The summed E-state index contributed by atoms with van der Waals surface area (Å²) in [6, 6.07) is 6.77. The van der Waals surface area contributed by atoms with Crippen LogP contribution in [0.15, 0.2) is 36.5 Å². The first kappa shape index (κ1) is 14.6. The van der Waals surface area contributed by atoms with Gasteiger partial charge in [-0.2, -0.15) is 18.3 Å². The lowest BCUT2D eigenvalue weighted by Gasteiger charge is -2.12. The van der Waals surface area contributed by atoms with Crippen LogP contribution in [0.2, 0.25) is 0 Å². The first-order valence-electron chi connectivity index (χ1n) is 5.55. The fraction of sp³-hybridized carbons (Fsp3) is 0.0833. The van der Waals surface area contributed by atoms with Gasteiger partial charge in [0.05, 0.1) is 11.4 Å². The van der Waals surface area contributed by atoms with Gasteiger partial charge in [0.15, 0.2) is 5.69 Å². The van der Waals surface area contributed by atoms with Gasteiger partial charge in [0.1, 0.15) is 0 Å². The molecule has 6 nitrogen and oxygen atoms in total. The smallest absolute Gasteiger partial charge is 0.471 e. The molecule has 2 N–H and O–H groups in total. The van der Waals surface area contributed by atoms with E-state index in [1.165, 1.54) is 36.5 Å². The molecule has 0 saturated heterocycles. The van der Waals surface area contributed by atoms with Crippen LogP contribution in [0, 0.1) is 0 Å². The second-order valence-corrected chi connectivity index (χ2v) is 3.92. The van der Waals surface area contributed by atoms with Gasteiger partial charge in [-0.05, 0) is 18.2 Å². The lowest BCUT2D eigenvalue weighted by atomic mass is 10.2. The van der Waals surface area contributed by atoms with E-state index in [2.05, 4.69) is 5.10 Å². The molecular formula is C12H8F3N3O3. The van der Waals surface area contributed by atoms with Gasteiger partial charge >= 0.3 is 18.1 Å².